The number of halogens is 1. The molecular formula is C18H24ClNO3. The first kappa shape index (κ1) is 16.4. The number of hydrogen-bond donors (Lipinski definition) is 0. The van der Waals surface area contributed by atoms with Crippen molar-refractivity contribution in [3.05, 3.63) is 22.7 Å². The van der Waals surface area contributed by atoms with Crippen molar-refractivity contribution in [1.29, 1.82) is 0 Å². The number of benzene rings is 1. The van der Waals surface area contributed by atoms with E-state index in [2.05, 4.69) is 6.92 Å². The molecule has 0 aliphatic carbocycles. The maximum atomic E-state index is 12.7. The minimum atomic E-state index is 0.183. The average Bonchev–Trinajstić information content (AvgIpc) is 2.80. The van der Waals surface area contributed by atoms with Gasteiger partial charge in [0, 0.05) is 19.0 Å². The molecule has 5 heteroatoms. The van der Waals surface area contributed by atoms with Crippen molar-refractivity contribution < 1.29 is 14.3 Å². The van der Waals surface area contributed by atoms with Gasteiger partial charge in [0.15, 0.2) is 11.5 Å². The van der Waals surface area contributed by atoms with Crippen LogP contribution >= 0.6 is 11.6 Å². The smallest absolute Gasteiger partial charge is 0.227 e. The number of ether oxygens (including phenoxy) is 2. The van der Waals surface area contributed by atoms with E-state index in [0.29, 0.717) is 42.2 Å². The van der Waals surface area contributed by atoms with Crippen LogP contribution in [0.25, 0.3) is 0 Å². The Kier molecular flexibility index (Phi) is 5.31. The van der Waals surface area contributed by atoms with E-state index < -0.39 is 0 Å². The second-order valence-corrected chi connectivity index (χ2v) is 6.68. The SMILES string of the molecule is CCC1CCCCN1C(=O)Cc1cc(Cl)c2c(c1)OCCCO2. The van der Waals surface area contributed by atoms with Crippen molar-refractivity contribution in [2.45, 2.75) is 51.5 Å². The summed E-state index contributed by atoms with van der Waals surface area (Å²) in [5.74, 6) is 1.44. The zero-order valence-electron chi connectivity index (χ0n) is 13.6. The van der Waals surface area contributed by atoms with Gasteiger partial charge in [0.1, 0.15) is 0 Å². The monoisotopic (exact) mass is 337 g/mol. The van der Waals surface area contributed by atoms with Gasteiger partial charge in [0.25, 0.3) is 0 Å². The normalized spacial score (nSPS) is 21.0. The number of fused-ring (bicyclic) bond motifs is 1. The van der Waals surface area contributed by atoms with Crippen LogP contribution in [0.1, 0.15) is 44.6 Å². The standard InChI is InChI=1S/C18H24ClNO3/c1-2-14-6-3-4-7-20(14)17(21)12-13-10-15(19)18-16(11-13)22-8-5-9-23-18/h10-11,14H,2-9,12H2,1H3. The summed E-state index contributed by atoms with van der Waals surface area (Å²) in [6, 6.07) is 4.11. The van der Waals surface area contributed by atoms with Crippen LogP contribution in [0.15, 0.2) is 12.1 Å². The highest BCUT2D eigenvalue weighted by molar-refractivity contribution is 6.32. The van der Waals surface area contributed by atoms with E-state index in [0.717, 1.165) is 37.8 Å². The average molecular weight is 338 g/mol. The molecule has 126 valence electrons. The highest BCUT2D eigenvalue weighted by Gasteiger charge is 2.26. The number of hydrogen-bond acceptors (Lipinski definition) is 3. The number of carbonyl (C=O) groups is 1. The van der Waals surface area contributed by atoms with E-state index in [-0.39, 0.29) is 5.91 Å². The van der Waals surface area contributed by atoms with Crippen LogP contribution in [0.2, 0.25) is 5.02 Å². The van der Waals surface area contributed by atoms with Gasteiger partial charge >= 0.3 is 0 Å². The zero-order chi connectivity index (χ0) is 16.2. The van der Waals surface area contributed by atoms with Gasteiger partial charge < -0.3 is 14.4 Å². The fraction of sp³-hybridized carbons (Fsp3) is 0.611. The molecule has 23 heavy (non-hydrogen) atoms. The maximum Gasteiger partial charge on any atom is 0.227 e. The molecule has 0 radical (unpaired) electrons. The van der Waals surface area contributed by atoms with Gasteiger partial charge in [0.2, 0.25) is 5.91 Å². The van der Waals surface area contributed by atoms with Crippen LogP contribution in [0.5, 0.6) is 11.5 Å². The first-order valence-corrected chi connectivity index (χ1v) is 8.94. The summed E-state index contributed by atoms with van der Waals surface area (Å²) in [5, 5.41) is 0.526. The molecule has 0 N–H and O–H groups in total. The number of carbonyl (C=O) groups excluding carboxylic acids is 1. The highest BCUT2D eigenvalue weighted by Crippen LogP contribution is 2.38. The first-order valence-electron chi connectivity index (χ1n) is 8.56. The summed E-state index contributed by atoms with van der Waals surface area (Å²) in [4.78, 5) is 14.7. The van der Waals surface area contributed by atoms with Gasteiger partial charge in [-0.2, -0.15) is 0 Å². The fourth-order valence-corrected chi connectivity index (χ4v) is 3.70. The fourth-order valence-electron chi connectivity index (χ4n) is 3.42. The predicted molar refractivity (Wildman–Crippen MR) is 90.4 cm³/mol. The van der Waals surface area contributed by atoms with Crippen LogP contribution in [0.4, 0.5) is 0 Å². The number of rotatable bonds is 3. The maximum absolute atomic E-state index is 12.7. The van der Waals surface area contributed by atoms with Crippen molar-refractivity contribution in [3.63, 3.8) is 0 Å². The molecule has 0 aromatic heterocycles. The van der Waals surface area contributed by atoms with Gasteiger partial charge in [-0.15, -0.1) is 0 Å². The molecule has 3 rings (SSSR count). The van der Waals surface area contributed by atoms with Gasteiger partial charge in [-0.3, -0.25) is 4.79 Å². The second-order valence-electron chi connectivity index (χ2n) is 6.28. The third-order valence-electron chi connectivity index (χ3n) is 4.64. The van der Waals surface area contributed by atoms with E-state index in [4.69, 9.17) is 21.1 Å². The Labute approximate surface area is 142 Å². The molecule has 1 unspecified atom stereocenters. The Morgan fingerprint density at radius 2 is 2.09 bits per heavy atom. The van der Waals surface area contributed by atoms with Gasteiger partial charge in [-0.05, 0) is 43.4 Å². The number of piperidine rings is 1. The highest BCUT2D eigenvalue weighted by atomic mass is 35.5. The largest absolute Gasteiger partial charge is 0.489 e. The Hall–Kier alpha value is -1.42. The van der Waals surface area contributed by atoms with E-state index in [1.54, 1.807) is 0 Å². The lowest BCUT2D eigenvalue weighted by atomic mass is 9.99. The van der Waals surface area contributed by atoms with Gasteiger partial charge in [-0.25, -0.2) is 0 Å². The lowest BCUT2D eigenvalue weighted by molar-refractivity contribution is -0.134. The number of nitrogens with zero attached hydrogens (tertiary/aromatic N) is 1. The van der Waals surface area contributed by atoms with Gasteiger partial charge in [0.05, 0.1) is 24.7 Å². The molecule has 1 fully saturated rings. The van der Waals surface area contributed by atoms with Crippen LogP contribution in [-0.2, 0) is 11.2 Å². The lowest BCUT2D eigenvalue weighted by Crippen LogP contribution is -2.44. The molecule has 0 saturated carbocycles. The Balaban J connectivity index is 1.75. The summed E-state index contributed by atoms with van der Waals surface area (Å²) in [5.41, 5.74) is 0.893. The molecule has 1 atom stereocenters. The molecule has 4 nitrogen and oxygen atoms in total. The predicted octanol–water partition coefficient (Wildman–Crippen LogP) is 3.83. The molecule has 0 bridgehead atoms. The quantitative estimate of drug-likeness (QED) is 0.841. The van der Waals surface area contributed by atoms with E-state index >= 15 is 0 Å². The van der Waals surface area contributed by atoms with E-state index in [9.17, 15) is 4.79 Å². The molecule has 2 aliphatic rings. The molecule has 0 spiro atoms. The Morgan fingerprint density at radius 3 is 2.91 bits per heavy atom. The molecule has 1 saturated heterocycles. The summed E-state index contributed by atoms with van der Waals surface area (Å²) in [6.45, 7) is 4.25. The number of likely N-dealkylation sites (tertiary alicyclic amines) is 1. The van der Waals surface area contributed by atoms with Crippen molar-refractivity contribution >= 4 is 17.5 Å². The molecule has 2 aliphatic heterocycles. The molecule has 1 aromatic carbocycles. The summed E-state index contributed by atoms with van der Waals surface area (Å²) < 4.78 is 11.3. The molecule has 2 heterocycles. The number of amides is 1. The first-order chi connectivity index (χ1) is 11.2. The van der Waals surface area contributed by atoms with Crippen LogP contribution < -0.4 is 9.47 Å². The molecular weight excluding hydrogens is 314 g/mol. The van der Waals surface area contributed by atoms with Crippen LogP contribution in [0.3, 0.4) is 0 Å². The van der Waals surface area contributed by atoms with E-state index in [1.165, 1.54) is 6.42 Å². The third-order valence-corrected chi connectivity index (χ3v) is 4.92. The van der Waals surface area contributed by atoms with E-state index in [1.807, 2.05) is 17.0 Å². The summed E-state index contributed by atoms with van der Waals surface area (Å²) in [7, 11) is 0. The van der Waals surface area contributed by atoms with Crippen molar-refractivity contribution in [2.24, 2.45) is 0 Å². The summed E-state index contributed by atoms with van der Waals surface area (Å²) >= 11 is 6.32. The van der Waals surface area contributed by atoms with Gasteiger partial charge in [-0.1, -0.05) is 18.5 Å². The minimum Gasteiger partial charge on any atom is -0.489 e. The van der Waals surface area contributed by atoms with Crippen molar-refractivity contribution in [1.82, 2.24) is 4.90 Å². The molecule has 1 aromatic rings. The van der Waals surface area contributed by atoms with Crippen molar-refractivity contribution in [3.8, 4) is 11.5 Å². The molecule has 1 amide bonds. The zero-order valence-corrected chi connectivity index (χ0v) is 14.4. The second kappa shape index (κ2) is 7.43. The van der Waals surface area contributed by atoms with Crippen LogP contribution in [-0.4, -0.2) is 36.6 Å². The van der Waals surface area contributed by atoms with Crippen molar-refractivity contribution in [2.75, 3.05) is 19.8 Å². The van der Waals surface area contributed by atoms with Crippen LogP contribution in [0, 0.1) is 0 Å². The summed E-state index contributed by atoms with van der Waals surface area (Å²) in [6.07, 6.45) is 5.66. The third kappa shape index (κ3) is 3.74. The minimum absolute atomic E-state index is 0.183. The topological polar surface area (TPSA) is 38.8 Å². The Bertz CT molecular complexity index is 576. The Morgan fingerprint density at radius 1 is 1.26 bits per heavy atom. The lowest BCUT2D eigenvalue weighted by Gasteiger charge is -2.35.